The van der Waals surface area contributed by atoms with Gasteiger partial charge in [-0.3, -0.25) is 9.78 Å². The van der Waals surface area contributed by atoms with Crippen LogP contribution in [0.5, 0.6) is 0 Å². The van der Waals surface area contributed by atoms with Crippen LogP contribution >= 0.6 is 23.2 Å². The van der Waals surface area contributed by atoms with Gasteiger partial charge in [-0.05, 0) is 18.2 Å². The fourth-order valence-electron chi connectivity index (χ4n) is 2.46. The van der Waals surface area contributed by atoms with E-state index in [9.17, 15) is 9.18 Å². The topological polar surface area (TPSA) is 49.3 Å². The molecule has 0 aliphatic carbocycles. The van der Waals surface area contributed by atoms with E-state index >= 15 is 0 Å². The Hall–Kier alpha value is -1.92. The number of nitrogens with zero attached hydrogens (tertiary/aromatic N) is 4. The van der Waals surface area contributed by atoms with Crippen molar-refractivity contribution in [2.45, 2.75) is 0 Å². The van der Waals surface area contributed by atoms with Gasteiger partial charge in [0.05, 0.1) is 23.0 Å². The molecule has 0 bridgehead atoms. The predicted octanol–water partition coefficient (Wildman–Crippen LogP) is 2.88. The van der Waals surface area contributed by atoms with Gasteiger partial charge in [0.25, 0.3) is 5.91 Å². The van der Waals surface area contributed by atoms with Crippen LogP contribution in [-0.4, -0.2) is 47.0 Å². The first-order valence-electron chi connectivity index (χ1n) is 7.01. The standard InChI is InChI=1S/C15H13Cl2FN4O/c16-12-7-10(18)1-2-11(12)15(23)22-5-3-21(4-6-22)14-9-19-8-13(17)20-14/h1-2,7-9H,3-6H2. The zero-order chi connectivity index (χ0) is 16.4. The second kappa shape index (κ2) is 6.68. The Bertz CT molecular complexity index is 735. The second-order valence-electron chi connectivity index (χ2n) is 5.10. The van der Waals surface area contributed by atoms with E-state index in [1.165, 1.54) is 18.3 Å². The molecule has 1 aromatic heterocycles. The molecule has 0 spiro atoms. The van der Waals surface area contributed by atoms with Gasteiger partial charge in [-0.25, -0.2) is 9.37 Å². The molecule has 2 heterocycles. The maximum Gasteiger partial charge on any atom is 0.255 e. The first-order chi connectivity index (χ1) is 11.0. The van der Waals surface area contributed by atoms with Gasteiger partial charge in [0.15, 0.2) is 0 Å². The zero-order valence-electron chi connectivity index (χ0n) is 12.0. The highest BCUT2D eigenvalue weighted by atomic mass is 35.5. The van der Waals surface area contributed by atoms with Gasteiger partial charge in [0.2, 0.25) is 0 Å². The molecular formula is C15H13Cl2FN4O. The lowest BCUT2D eigenvalue weighted by Crippen LogP contribution is -2.49. The minimum Gasteiger partial charge on any atom is -0.352 e. The molecule has 1 aliphatic heterocycles. The van der Waals surface area contributed by atoms with E-state index in [4.69, 9.17) is 23.2 Å². The summed E-state index contributed by atoms with van der Waals surface area (Å²) in [4.78, 5) is 24.4. The Morgan fingerprint density at radius 3 is 2.52 bits per heavy atom. The van der Waals surface area contributed by atoms with E-state index in [-0.39, 0.29) is 10.9 Å². The average Bonchev–Trinajstić information content (AvgIpc) is 2.54. The SMILES string of the molecule is O=C(c1ccc(F)cc1Cl)N1CCN(c2cncc(Cl)n2)CC1. The number of rotatable bonds is 2. The third kappa shape index (κ3) is 3.54. The lowest BCUT2D eigenvalue weighted by atomic mass is 10.1. The Balaban J connectivity index is 1.68. The number of aromatic nitrogens is 2. The number of anilines is 1. The van der Waals surface area contributed by atoms with Gasteiger partial charge in [-0.2, -0.15) is 0 Å². The first-order valence-corrected chi connectivity index (χ1v) is 7.77. The van der Waals surface area contributed by atoms with Crippen molar-refractivity contribution in [2.24, 2.45) is 0 Å². The third-order valence-corrected chi connectivity index (χ3v) is 4.14. The minimum atomic E-state index is -0.462. The summed E-state index contributed by atoms with van der Waals surface area (Å²) in [5, 5.41) is 0.456. The van der Waals surface area contributed by atoms with Crippen molar-refractivity contribution < 1.29 is 9.18 Å². The van der Waals surface area contributed by atoms with Gasteiger partial charge in [-0.15, -0.1) is 0 Å². The molecule has 0 saturated carbocycles. The van der Waals surface area contributed by atoms with Crippen molar-refractivity contribution in [1.82, 2.24) is 14.9 Å². The number of piperazine rings is 1. The highest BCUT2D eigenvalue weighted by Crippen LogP contribution is 2.21. The molecule has 1 fully saturated rings. The van der Waals surface area contributed by atoms with Crippen molar-refractivity contribution in [3.63, 3.8) is 0 Å². The molecule has 5 nitrogen and oxygen atoms in total. The van der Waals surface area contributed by atoms with E-state index in [1.54, 1.807) is 11.1 Å². The molecule has 0 unspecified atom stereocenters. The molecule has 1 aromatic carbocycles. The number of halogens is 3. The van der Waals surface area contributed by atoms with Crippen LogP contribution in [0.25, 0.3) is 0 Å². The van der Waals surface area contributed by atoms with Crippen molar-refractivity contribution in [3.8, 4) is 0 Å². The Morgan fingerprint density at radius 2 is 1.87 bits per heavy atom. The molecule has 1 aliphatic rings. The summed E-state index contributed by atoms with van der Waals surface area (Å²) in [5.74, 6) is 0.0205. The molecule has 120 valence electrons. The van der Waals surface area contributed by atoms with Crippen LogP contribution in [0, 0.1) is 5.82 Å². The summed E-state index contributed by atoms with van der Waals surface area (Å²) in [6.45, 7) is 2.25. The lowest BCUT2D eigenvalue weighted by Gasteiger charge is -2.35. The number of hydrogen-bond acceptors (Lipinski definition) is 4. The maximum absolute atomic E-state index is 13.1. The van der Waals surface area contributed by atoms with E-state index in [1.807, 2.05) is 4.90 Å². The fraction of sp³-hybridized carbons (Fsp3) is 0.267. The van der Waals surface area contributed by atoms with Crippen LogP contribution in [0.4, 0.5) is 10.2 Å². The molecule has 0 radical (unpaired) electrons. The molecule has 8 heteroatoms. The minimum absolute atomic E-state index is 0.123. The highest BCUT2D eigenvalue weighted by molar-refractivity contribution is 6.33. The van der Waals surface area contributed by atoms with Crippen LogP contribution < -0.4 is 4.90 Å². The fourth-order valence-corrected chi connectivity index (χ4v) is 2.85. The number of amides is 1. The summed E-state index contributed by atoms with van der Waals surface area (Å²) in [5.41, 5.74) is 0.309. The Kier molecular flexibility index (Phi) is 4.63. The van der Waals surface area contributed by atoms with Gasteiger partial charge in [-0.1, -0.05) is 23.2 Å². The molecule has 2 aromatic rings. The first kappa shape index (κ1) is 16.0. The molecule has 3 rings (SSSR count). The van der Waals surface area contributed by atoms with Crippen molar-refractivity contribution in [1.29, 1.82) is 0 Å². The van der Waals surface area contributed by atoms with Gasteiger partial charge in [0.1, 0.15) is 16.8 Å². The molecule has 23 heavy (non-hydrogen) atoms. The molecule has 0 N–H and O–H groups in total. The monoisotopic (exact) mass is 354 g/mol. The highest BCUT2D eigenvalue weighted by Gasteiger charge is 2.24. The van der Waals surface area contributed by atoms with Crippen LogP contribution in [0.15, 0.2) is 30.6 Å². The Labute approximate surface area is 142 Å². The lowest BCUT2D eigenvalue weighted by molar-refractivity contribution is 0.0746. The summed E-state index contributed by atoms with van der Waals surface area (Å²) in [6.07, 6.45) is 3.11. The van der Waals surface area contributed by atoms with Crippen molar-refractivity contribution >= 4 is 34.9 Å². The maximum atomic E-state index is 13.1. The number of benzene rings is 1. The summed E-state index contributed by atoms with van der Waals surface area (Å²) >= 11 is 11.8. The smallest absolute Gasteiger partial charge is 0.255 e. The van der Waals surface area contributed by atoms with Gasteiger partial charge >= 0.3 is 0 Å². The molecule has 1 amide bonds. The van der Waals surface area contributed by atoms with E-state index < -0.39 is 5.82 Å². The normalized spacial score (nSPS) is 14.9. The van der Waals surface area contributed by atoms with Gasteiger partial charge in [0, 0.05) is 26.2 Å². The predicted molar refractivity (Wildman–Crippen MR) is 86.6 cm³/mol. The van der Waals surface area contributed by atoms with E-state index in [0.29, 0.717) is 42.7 Å². The second-order valence-corrected chi connectivity index (χ2v) is 5.90. The molecule has 0 atom stereocenters. The largest absolute Gasteiger partial charge is 0.352 e. The van der Waals surface area contributed by atoms with E-state index in [2.05, 4.69) is 9.97 Å². The summed E-state index contributed by atoms with van der Waals surface area (Å²) in [6, 6.07) is 3.79. The van der Waals surface area contributed by atoms with E-state index in [0.717, 1.165) is 6.07 Å². The van der Waals surface area contributed by atoms with Crippen LogP contribution in [0.3, 0.4) is 0 Å². The van der Waals surface area contributed by atoms with Crippen molar-refractivity contribution in [3.05, 3.63) is 52.1 Å². The van der Waals surface area contributed by atoms with Crippen molar-refractivity contribution in [2.75, 3.05) is 31.1 Å². The number of hydrogen-bond donors (Lipinski definition) is 0. The third-order valence-electron chi connectivity index (χ3n) is 3.64. The van der Waals surface area contributed by atoms with Gasteiger partial charge < -0.3 is 9.80 Å². The average molecular weight is 355 g/mol. The zero-order valence-corrected chi connectivity index (χ0v) is 13.6. The molecular weight excluding hydrogens is 342 g/mol. The quantitative estimate of drug-likeness (QED) is 0.831. The van der Waals surface area contributed by atoms with Crippen LogP contribution in [-0.2, 0) is 0 Å². The number of carbonyl (C=O) groups excluding carboxylic acids is 1. The molecule has 1 saturated heterocycles. The Morgan fingerprint density at radius 1 is 1.13 bits per heavy atom. The summed E-state index contributed by atoms with van der Waals surface area (Å²) < 4.78 is 13.1. The van der Waals surface area contributed by atoms with Crippen LogP contribution in [0.2, 0.25) is 10.2 Å². The summed E-state index contributed by atoms with van der Waals surface area (Å²) in [7, 11) is 0. The number of carbonyl (C=O) groups is 1. The van der Waals surface area contributed by atoms with Crippen LogP contribution in [0.1, 0.15) is 10.4 Å².